The highest BCUT2D eigenvalue weighted by Gasteiger charge is 2.27. The fourth-order valence-electron chi connectivity index (χ4n) is 3.32. The van der Waals surface area contributed by atoms with Crippen molar-refractivity contribution < 1.29 is 18.4 Å². The number of anilines is 1. The Kier molecular flexibility index (Phi) is 9.73. The van der Waals surface area contributed by atoms with Crippen LogP contribution in [0, 0.1) is 17.6 Å². The number of hydrogen-bond donors (Lipinski definition) is 2. The van der Waals surface area contributed by atoms with Crippen LogP contribution in [0.15, 0.2) is 40.0 Å². The van der Waals surface area contributed by atoms with Crippen LogP contribution in [0.25, 0.3) is 0 Å². The van der Waals surface area contributed by atoms with Crippen LogP contribution in [-0.4, -0.2) is 32.3 Å². The van der Waals surface area contributed by atoms with Gasteiger partial charge in [-0.3, -0.25) is 9.59 Å². The van der Waals surface area contributed by atoms with Crippen LogP contribution < -0.4 is 10.6 Å². The molecule has 3 aromatic rings. The highest BCUT2D eigenvalue weighted by atomic mass is 79.9. The van der Waals surface area contributed by atoms with Crippen molar-refractivity contribution in [2.75, 3.05) is 11.1 Å². The zero-order chi connectivity index (χ0) is 26.6. The third kappa shape index (κ3) is 6.76. The molecule has 0 spiro atoms. The molecule has 36 heavy (non-hydrogen) atoms. The van der Waals surface area contributed by atoms with Gasteiger partial charge in [0.05, 0.1) is 28.1 Å². The van der Waals surface area contributed by atoms with E-state index in [1.807, 2.05) is 20.8 Å². The lowest BCUT2D eigenvalue weighted by atomic mass is 10.0. The largest absolute Gasteiger partial charge is 0.342 e. The number of carbonyl (C=O) groups excluding carboxylic acids is 2. The minimum Gasteiger partial charge on any atom is -0.342 e. The van der Waals surface area contributed by atoms with E-state index in [2.05, 4.69) is 36.8 Å². The fourth-order valence-corrected chi connectivity index (χ4v) is 5.13. The number of hydrogen-bond acceptors (Lipinski definition) is 5. The minimum atomic E-state index is -0.893. The summed E-state index contributed by atoms with van der Waals surface area (Å²) in [5.41, 5.74) is 0.128. The molecule has 0 aliphatic carbocycles. The van der Waals surface area contributed by atoms with Crippen molar-refractivity contribution in [1.82, 2.24) is 20.1 Å². The summed E-state index contributed by atoms with van der Waals surface area (Å²) in [6.45, 7) is 6.22. The molecule has 0 fully saturated rings. The van der Waals surface area contributed by atoms with Crippen molar-refractivity contribution in [3.8, 4) is 0 Å². The van der Waals surface area contributed by atoms with Crippen molar-refractivity contribution in [3.05, 3.63) is 67.9 Å². The van der Waals surface area contributed by atoms with Crippen molar-refractivity contribution in [1.29, 1.82) is 0 Å². The summed E-state index contributed by atoms with van der Waals surface area (Å²) in [6, 6.07) is 5.87. The molecule has 1 aromatic heterocycles. The SMILES string of the molecule is CCn1c(SCC(=O)Nc2c(F)cc(F)cc2Br)nnc1[C@@H](NC(=O)c1ccc(Cl)cc1Cl)C(C)C. The number of carbonyl (C=O) groups is 2. The average molecular weight is 621 g/mol. The van der Waals surface area contributed by atoms with Gasteiger partial charge in [0.1, 0.15) is 5.82 Å². The van der Waals surface area contributed by atoms with Gasteiger partial charge < -0.3 is 15.2 Å². The molecular formula is C23H22BrCl2F2N5O2S. The average Bonchev–Trinajstić information content (AvgIpc) is 3.20. The zero-order valence-corrected chi connectivity index (χ0v) is 23.3. The van der Waals surface area contributed by atoms with Gasteiger partial charge in [0.25, 0.3) is 5.91 Å². The number of thioether (sulfide) groups is 1. The normalized spacial score (nSPS) is 12.0. The van der Waals surface area contributed by atoms with E-state index in [1.54, 1.807) is 16.7 Å². The maximum absolute atomic E-state index is 14.0. The summed E-state index contributed by atoms with van der Waals surface area (Å²) in [6.07, 6.45) is 0. The summed E-state index contributed by atoms with van der Waals surface area (Å²) in [4.78, 5) is 25.4. The van der Waals surface area contributed by atoms with Gasteiger partial charge in [-0.1, -0.05) is 48.8 Å². The van der Waals surface area contributed by atoms with Crippen LogP contribution in [-0.2, 0) is 11.3 Å². The first-order chi connectivity index (χ1) is 17.0. The number of nitrogens with zero attached hydrogens (tertiary/aromatic N) is 3. The van der Waals surface area contributed by atoms with Gasteiger partial charge in [0.15, 0.2) is 16.8 Å². The lowest BCUT2D eigenvalue weighted by molar-refractivity contribution is -0.113. The highest BCUT2D eigenvalue weighted by Crippen LogP contribution is 2.29. The first-order valence-electron chi connectivity index (χ1n) is 10.8. The summed E-state index contributed by atoms with van der Waals surface area (Å²) in [7, 11) is 0. The number of rotatable bonds is 9. The maximum Gasteiger partial charge on any atom is 0.253 e. The predicted molar refractivity (Wildman–Crippen MR) is 141 cm³/mol. The highest BCUT2D eigenvalue weighted by molar-refractivity contribution is 9.10. The van der Waals surface area contributed by atoms with Gasteiger partial charge in [0, 0.05) is 22.1 Å². The van der Waals surface area contributed by atoms with Crippen LogP contribution in [0.2, 0.25) is 10.0 Å². The van der Waals surface area contributed by atoms with E-state index in [0.717, 1.165) is 17.8 Å². The molecule has 2 aromatic carbocycles. The van der Waals surface area contributed by atoms with Gasteiger partial charge >= 0.3 is 0 Å². The minimum absolute atomic E-state index is 0.0468. The molecule has 7 nitrogen and oxygen atoms in total. The van der Waals surface area contributed by atoms with E-state index in [4.69, 9.17) is 23.2 Å². The first kappa shape index (κ1) is 28.4. The van der Waals surface area contributed by atoms with Crippen LogP contribution in [0.3, 0.4) is 0 Å². The number of amides is 2. The Morgan fingerprint density at radius 1 is 1.17 bits per heavy atom. The van der Waals surface area contributed by atoms with E-state index < -0.39 is 23.6 Å². The Labute approximate surface area is 229 Å². The van der Waals surface area contributed by atoms with E-state index in [-0.39, 0.29) is 38.3 Å². The molecule has 1 heterocycles. The number of aromatic nitrogens is 3. The van der Waals surface area contributed by atoms with Crippen LogP contribution in [0.5, 0.6) is 0 Å². The molecule has 0 unspecified atom stereocenters. The third-order valence-electron chi connectivity index (χ3n) is 5.07. The second-order valence-corrected chi connectivity index (χ2v) is 10.6. The van der Waals surface area contributed by atoms with Gasteiger partial charge in [-0.25, -0.2) is 8.78 Å². The molecule has 0 bridgehead atoms. The maximum atomic E-state index is 14.0. The number of nitrogens with one attached hydrogen (secondary N) is 2. The van der Waals surface area contributed by atoms with Gasteiger partial charge in [-0.15, -0.1) is 10.2 Å². The van der Waals surface area contributed by atoms with Crippen molar-refractivity contribution >= 4 is 68.4 Å². The molecule has 3 rings (SSSR count). The molecule has 0 aliphatic heterocycles. The summed E-state index contributed by atoms with van der Waals surface area (Å²) >= 11 is 16.3. The standard InChI is InChI=1S/C23H22BrCl2F2N5O2S/c1-4-33-21(19(11(2)3)30-22(35)14-6-5-12(25)7-16(14)26)31-32-23(33)36-10-18(34)29-20-15(24)8-13(27)9-17(20)28/h5-9,11,19H,4,10H2,1-3H3,(H,29,34)(H,30,35)/t19-/m0/s1. The lowest BCUT2D eigenvalue weighted by Crippen LogP contribution is -2.34. The number of halogens is 5. The molecule has 2 amide bonds. The monoisotopic (exact) mass is 619 g/mol. The molecule has 0 saturated carbocycles. The molecule has 1 atom stereocenters. The molecular weight excluding hydrogens is 599 g/mol. The van der Waals surface area contributed by atoms with Gasteiger partial charge in [0.2, 0.25) is 5.91 Å². The Morgan fingerprint density at radius 2 is 1.89 bits per heavy atom. The Bertz CT molecular complexity index is 1270. The van der Waals surface area contributed by atoms with Crippen LogP contribution in [0.4, 0.5) is 14.5 Å². The second-order valence-electron chi connectivity index (χ2n) is 7.99. The molecule has 0 saturated heterocycles. The van der Waals surface area contributed by atoms with Gasteiger partial charge in [-0.2, -0.15) is 0 Å². The van der Waals surface area contributed by atoms with Gasteiger partial charge in [-0.05, 0) is 53.0 Å². The quantitative estimate of drug-likeness (QED) is 0.267. The molecule has 192 valence electrons. The summed E-state index contributed by atoms with van der Waals surface area (Å²) < 4.78 is 29.2. The van der Waals surface area contributed by atoms with Crippen LogP contribution in [0.1, 0.15) is 43.0 Å². The number of benzene rings is 2. The third-order valence-corrected chi connectivity index (χ3v) is 7.21. The second kappa shape index (κ2) is 12.4. The Balaban J connectivity index is 1.75. The van der Waals surface area contributed by atoms with E-state index in [1.165, 1.54) is 6.07 Å². The van der Waals surface area contributed by atoms with Crippen molar-refractivity contribution in [3.63, 3.8) is 0 Å². The zero-order valence-electron chi connectivity index (χ0n) is 19.4. The lowest BCUT2D eigenvalue weighted by Gasteiger charge is -2.22. The van der Waals surface area contributed by atoms with E-state index in [0.29, 0.717) is 28.6 Å². The molecule has 0 aliphatic rings. The Hall–Kier alpha value is -2.21. The topological polar surface area (TPSA) is 88.9 Å². The van der Waals surface area contributed by atoms with Crippen molar-refractivity contribution in [2.24, 2.45) is 5.92 Å². The molecule has 0 radical (unpaired) electrons. The van der Waals surface area contributed by atoms with Crippen LogP contribution >= 0.6 is 50.9 Å². The van der Waals surface area contributed by atoms with Crippen molar-refractivity contribution in [2.45, 2.75) is 38.5 Å². The molecule has 2 N–H and O–H groups in total. The first-order valence-corrected chi connectivity index (χ1v) is 13.3. The smallest absolute Gasteiger partial charge is 0.253 e. The fraction of sp³-hybridized carbons (Fsp3) is 0.304. The summed E-state index contributed by atoms with van der Waals surface area (Å²) in [5, 5.41) is 15.0. The van der Waals surface area contributed by atoms with E-state index in [9.17, 15) is 18.4 Å². The predicted octanol–water partition coefficient (Wildman–Crippen LogP) is 6.50. The molecule has 13 heteroatoms. The van der Waals surface area contributed by atoms with E-state index >= 15 is 0 Å². The Morgan fingerprint density at radius 3 is 2.50 bits per heavy atom. The summed E-state index contributed by atoms with van der Waals surface area (Å²) in [5.74, 6) is -2.18.